The molecular weight excluding hydrogens is 577 g/mol. The highest BCUT2D eigenvalue weighted by Crippen LogP contribution is 2.42. The first kappa shape index (κ1) is 32.2. The predicted octanol–water partition coefficient (Wildman–Crippen LogP) is 6.69. The van der Waals surface area contributed by atoms with Crippen molar-refractivity contribution in [2.75, 3.05) is 17.3 Å². The number of amides is 2. The van der Waals surface area contributed by atoms with Crippen LogP contribution in [0.2, 0.25) is 0 Å². The molecule has 1 atom stereocenters. The van der Waals surface area contributed by atoms with Gasteiger partial charge < -0.3 is 10.6 Å². The normalized spacial score (nSPS) is 17.1. The molecule has 11 heteroatoms. The van der Waals surface area contributed by atoms with E-state index in [1.807, 2.05) is 13.8 Å². The maximum Gasteiger partial charge on any atom is 0.270 e. The number of hydrogen-bond acceptors (Lipinski definition) is 6. The summed E-state index contributed by atoms with van der Waals surface area (Å²) in [7, 11) is 0. The predicted molar refractivity (Wildman–Crippen MR) is 173 cm³/mol. The maximum absolute atomic E-state index is 15.3. The van der Waals surface area contributed by atoms with Gasteiger partial charge in [0.15, 0.2) is 0 Å². The Morgan fingerprint density at radius 1 is 1.05 bits per heavy atom. The summed E-state index contributed by atoms with van der Waals surface area (Å²) >= 11 is 1.76. The zero-order valence-corrected chi connectivity index (χ0v) is 27.0. The number of aromatic amines is 1. The number of aromatic nitrogens is 5. The summed E-state index contributed by atoms with van der Waals surface area (Å²) in [6, 6.07) is 4.20. The number of thioether (sulfide) groups is 1. The number of carbonyl (C=O) groups excluding carboxylic acids is 2. The molecule has 0 aromatic carbocycles. The largest absolute Gasteiger partial charge is 0.339 e. The van der Waals surface area contributed by atoms with Crippen molar-refractivity contribution in [2.24, 2.45) is 17.8 Å². The van der Waals surface area contributed by atoms with Gasteiger partial charge in [-0.1, -0.05) is 64.2 Å². The Bertz CT molecular complexity index is 1370. The number of aryl methyl sites for hydroxylation is 3. The van der Waals surface area contributed by atoms with E-state index in [1.54, 1.807) is 40.8 Å². The van der Waals surface area contributed by atoms with Crippen LogP contribution in [0.25, 0.3) is 11.1 Å². The van der Waals surface area contributed by atoms with Crippen LogP contribution in [0.15, 0.2) is 24.4 Å². The molecule has 2 fully saturated rings. The van der Waals surface area contributed by atoms with Crippen LogP contribution in [0.5, 0.6) is 0 Å². The van der Waals surface area contributed by atoms with Crippen molar-refractivity contribution in [3.8, 4) is 11.1 Å². The van der Waals surface area contributed by atoms with Crippen LogP contribution in [0.3, 0.4) is 0 Å². The fourth-order valence-electron chi connectivity index (χ4n) is 7.42. The Balaban J connectivity index is 1.44. The molecule has 0 radical (unpaired) electrons. The first-order chi connectivity index (χ1) is 21.4. The Hall–Kier alpha value is -3.21. The molecule has 3 aromatic rings. The van der Waals surface area contributed by atoms with Gasteiger partial charge in [-0.3, -0.25) is 19.4 Å². The van der Waals surface area contributed by atoms with E-state index in [0.29, 0.717) is 40.9 Å². The standard InChI is InChI=1S/C33H46FN7O2S/c1-21-28(22(2)40-39-21)25-15-16-27(36-31(25)34)37-33(43)30(38-32(42)26-17-18-35-41(26)19-10-20-44-3)29(23-11-6-4-7-12-23)24-13-8-5-9-14-24/h15-18,23-24,29-30H,4-14,19-20H2,1-3H3,(H,38,42)(H,39,40)(H,36,37,43)/t30-/m0/s1. The molecule has 2 amide bonds. The summed E-state index contributed by atoms with van der Waals surface area (Å²) in [5.41, 5.74) is 2.88. The van der Waals surface area contributed by atoms with Crippen LogP contribution in [0.1, 0.15) is 92.5 Å². The average molecular weight is 624 g/mol. The smallest absolute Gasteiger partial charge is 0.270 e. The summed E-state index contributed by atoms with van der Waals surface area (Å²) in [5.74, 6) is 0.449. The van der Waals surface area contributed by atoms with Gasteiger partial charge in [0.1, 0.15) is 17.6 Å². The van der Waals surface area contributed by atoms with E-state index < -0.39 is 12.0 Å². The fourth-order valence-corrected chi connectivity index (χ4v) is 7.84. The lowest BCUT2D eigenvalue weighted by molar-refractivity contribution is -0.121. The van der Waals surface area contributed by atoms with Gasteiger partial charge in [-0.05, 0) is 68.2 Å². The number of hydrogen-bond donors (Lipinski definition) is 3. The van der Waals surface area contributed by atoms with E-state index in [1.165, 1.54) is 12.8 Å². The number of nitrogens with one attached hydrogen (secondary N) is 3. The molecule has 2 aliphatic carbocycles. The molecule has 0 unspecified atom stereocenters. The molecule has 44 heavy (non-hydrogen) atoms. The van der Waals surface area contributed by atoms with Crippen molar-refractivity contribution in [1.82, 2.24) is 30.3 Å². The Kier molecular flexibility index (Phi) is 11.1. The Labute approximate surface area is 263 Å². The van der Waals surface area contributed by atoms with Gasteiger partial charge in [-0.2, -0.15) is 26.3 Å². The van der Waals surface area contributed by atoms with E-state index >= 15 is 4.39 Å². The second-order valence-corrected chi connectivity index (χ2v) is 13.4. The van der Waals surface area contributed by atoms with Gasteiger partial charge >= 0.3 is 0 Å². The summed E-state index contributed by atoms with van der Waals surface area (Å²) in [6.07, 6.45) is 15.8. The SMILES string of the molecule is CSCCCn1nccc1C(=O)N[C@H](C(=O)Nc1ccc(-c2c(C)n[nH]c2C)c(F)n1)C(C1CCCCC1)C1CCCCC1. The third-order valence-corrected chi connectivity index (χ3v) is 10.2. The fraction of sp³-hybridized carbons (Fsp3) is 0.606. The monoisotopic (exact) mass is 623 g/mol. The van der Waals surface area contributed by atoms with E-state index in [0.717, 1.165) is 69.2 Å². The molecule has 0 spiro atoms. The molecule has 2 saturated carbocycles. The first-order valence-electron chi connectivity index (χ1n) is 16.2. The molecule has 3 heterocycles. The van der Waals surface area contributed by atoms with E-state index in [-0.39, 0.29) is 23.6 Å². The number of nitrogens with zero attached hydrogens (tertiary/aromatic N) is 4. The van der Waals surface area contributed by atoms with Crippen molar-refractivity contribution in [1.29, 1.82) is 0 Å². The molecule has 3 aromatic heterocycles. The number of pyridine rings is 1. The lowest BCUT2D eigenvalue weighted by Gasteiger charge is -2.41. The first-order valence-corrected chi connectivity index (χ1v) is 17.6. The van der Waals surface area contributed by atoms with Gasteiger partial charge in [-0.15, -0.1) is 0 Å². The molecule has 0 aliphatic heterocycles. The van der Waals surface area contributed by atoms with Crippen LogP contribution in [-0.4, -0.2) is 54.8 Å². The van der Waals surface area contributed by atoms with E-state index in [9.17, 15) is 9.59 Å². The third-order valence-electron chi connectivity index (χ3n) is 9.51. The quantitative estimate of drug-likeness (QED) is 0.153. The molecule has 238 valence electrons. The lowest BCUT2D eigenvalue weighted by atomic mass is 9.66. The number of carbonyl (C=O) groups is 2. The van der Waals surface area contributed by atoms with Crippen molar-refractivity contribution >= 4 is 29.4 Å². The van der Waals surface area contributed by atoms with Crippen molar-refractivity contribution < 1.29 is 14.0 Å². The van der Waals surface area contributed by atoms with Crippen molar-refractivity contribution in [2.45, 2.75) is 97.1 Å². The van der Waals surface area contributed by atoms with Crippen molar-refractivity contribution in [3.05, 3.63) is 47.4 Å². The molecule has 0 bridgehead atoms. The van der Waals surface area contributed by atoms with Crippen LogP contribution in [-0.2, 0) is 11.3 Å². The minimum Gasteiger partial charge on any atom is -0.339 e. The summed E-state index contributed by atoms with van der Waals surface area (Å²) < 4.78 is 17.1. The van der Waals surface area contributed by atoms with E-state index in [4.69, 9.17) is 0 Å². The molecule has 2 aliphatic rings. The van der Waals surface area contributed by atoms with Crippen LogP contribution >= 0.6 is 11.8 Å². The molecule has 3 N–H and O–H groups in total. The Morgan fingerprint density at radius 3 is 2.32 bits per heavy atom. The number of H-pyrrole nitrogens is 1. The molecule has 9 nitrogen and oxygen atoms in total. The minimum absolute atomic E-state index is 0.00670. The molecule has 5 rings (SSSR count). The van der Waals surface area contributed by atoms with Gasteiger partial charge in [0.2, 0.25) is 11.9 Å². The summed E-state index contributed by atoms with van der Waals surface area (Å²) in [6.45, 7) is 4.28. The van der Waals surface area contributed by atoms with E-state index in [2.05, 4.69) is 37.2 Å². The number of anilines is 1. The third kappa shape index (κ3) is 7.53. The van der Waals surface area contributed by atoms with Crippen LogP contribution < -0.4 is 10.6 Å². The van der Waals surface area contributed by atoms with Gasteiger partial charge in [0.05, 0.1) is 5.69 Å². The minimum atomic E-state index is -0.772. The van der Waals surface area contributed by atoms with Crippen LogP contribution in [0.4, 0.5) is 10.2 Å². The lowest BCUT2D eigenvalue weighted by Crippen LogP contribution is -2.53. The number of rotatable bonds is 12. The summed E-state index contributed by atoms with van der Waals surface area (Å²) in [4.78, 5) is 32.2. The van der Waals surface area contributed by atoms with Gasteiger partial charge in [0.25, 0.3) is 5.91 Å². The van der Waals surface area contributed by atoms with Crippen molar-refractivity contribution in [3.63, 3.8) is 0 Å². The maximum atomic E-state index is 15.3. The highest BCUT2D eigenvalue weighted by molar-refractivity contribution is 7.98. The second kappa shape index (κ2) is 15.2. The van der Waals surface area contributed by atoms with Crippen LogP contribution in [0, 0.1) is 37.5 Å². The molecular formula is C33H46FN7O2S. The van der Waals surface area contributed by atoms with Gasteiger partial charge in [-0.25, -0.2) is 4.98 Å². The highest BCUT2D eigenvalue weighted by Gasteiger charge is 2.41. The van der Waals surface area contributed by atoms with Gasteiger partial charge in [0, 0.05) is 29.6 Å². The zero-order chi connectivity index (χ0) is 31.1. The average Bonchev–Trinajstić information content (AvgIpc) is 3.64. The topological polar surface area (TPSA) is 118 Å². The number of halogens is 1. The Morgan fingerprint density at radius 2 is 1.73 bits per heavy atom. The second-order valence-electron chi connectivity index (χ2n) is 12.4. The molecule has 0 saturated heterocycles. The zero-order valence-electron chi connectivity index (χ0n) is 26.2. The summed E-state index contributed by atoms with van der Waals surface area (Å²) in [5, 5.41) is 17.5. The highest BCUT2D eigenvalue weighted by atomic mass is 32.2.